The first-order valence-corrected chi connectivity index (χ1v) is 10.1. The van der Waals surface area contributed by atoms with E-state index in [1.165, 1.54) is 0 Å². The zero-order chi connectivity index (χ0) is 21.1. The van der Waals surface area contributed by atoms with Crippen molar-refractivity contribution in [3.63, 3.8) is 0 Å². The Labute approximate surface area is 180 Å². The van der Waals surface area contributed by atoms with Crippen LogP contribution in [0.4, 0.5) is 0 Å². The average Bonchev–Trinajstić information content (AvgIpc) is 3.07. The fourth-order valence-corrected chi connectivity index (χ4v) is 3.51. The number of ketones is 1. The lowest BCUT2D eigenvalue weighted by Crippen LogP contribution is -1.99. The van der Waals surface area contributed by atoms with E-state index in [2.05, 4.69) is 0 Å². The Morgan fingerprint density at radius 1 is 0.967 bits per heavy atom. The van der Waals surface area contributed by atoms with Gasteiger partial charge in [0.25, 0.3) is 0 Å². The molecule has 152 valence electrons. The van der Waals surface area contributed by atoms with Gasteiger partial charge in [-0.3, -0.25) is 4.79 Å². The minimum absolute atomic E-state index is 0.156. The van der Waals surface area contributed by atoms with Crippen molar-refractivity contribution in [3.8, 4) is 17.2 Å². The molecule has 0 unspecified atom stereocenters. The molecule has 3 aromatic rings. The lowest BCUT2D eigenvalue weighted by atomic mass is 10.1. The van der Waals surface area contributed by atoms with E-state index in [1.54, 1.807) is 18.2 Å². The van der Waals surface area contributed by atoms with Crippen molar-refractivity contribution in [3.05, 3.63) is 93.7 Å². The number of benzene rings is 3. The summed E-state index contributed by atoms with van der Waals surface area (Å²) in [6.45, 7) is 4.67. The van der Waals surface area contributed by atoms with Gasteiger partial charge in [-0.25, -0.2) is 0 Å². The highest BCUT2D eigenvalue weighted by Gasteiger charge is 2.30. The molecular formula is C25H21ClO4. The van der Waals surface area contributed by atoms with Crippen LogP contribution in [0.3, 0.4) is 0 Å². The van der Waals surface area contributed by atoms with Gasteiger partial charge in [-0.15, -0.1) is 0 Å². The number of Topliss-reactive ketones (excluding diaryl/α,β-unsaturated/α-hetero) is 1. The second kappa shape index (κ2) is 8.64. The van der Waals surface area contributed by atoms with Crippen LogP contribution in [0.15, 0.2) is 66.4 Å². The molecule has 0 fully saturated rings. The number of carbonyl (C=O) groups excluding carboxylic acids is 1. The molecule has 0 bridgehead atoms. The Balaban J connectivity index is 1.59. The number of carbonyl (C=O) groups is 1. The number of halogens is 1. The zero-order valence-corrected chi connectivity index (χ0v) is 17.5. The number of hydrogen-bond donors (Lipinski definition) is 0. The largest absolute Gasteiger partial charge is 0.493 e. The van der Waals surface area contributed by atoms with Crippen LogP contribution in [0.2, 0.25) is 5.02 Å². The summed E-state index contributed by atoms with van der Waals surface area (Å²) in [7, 11) is 0. The van der Waals surface area contributed by atoms with Crippen LogP contribution in [0, 0.1) is 6.92 Å². The summed E-state index contributed by atoms with van der Waals surface area (Å²) in [6, 6.07) is 18.6. The van der Waals surface area contributed by atoms with Crippen molar-refractivity contribution >= 4 is 23.5 Å². The highest BCUT2D eigenvalue weighted by atomic mass is 35.5. The zero-order valence-electron chi connectivity index (χ0n) is 16.8. The van der Waals surface area contributed by atoms with Crippen LogP contribution < -0.4 is 14.2 Å². The first kappa shape index (κ1) is 20.0. The van der Waals surface area contributed by atoms with E-state index in [0.717, 1.165) is 16.7 Å². The van der Waals surface area contributed by atoms with Crippen molar-refractivity contribution in [1.29, 1.82) is 0 Å². The third-order valence-corrected chi connectivity index (χ3v) is 5.25. The number of rotatable bonds is 6. The van der Waals surface area contributed by atoms with Gasteiger partial charge in [0.05, 0.1) is 12.2 Å². The molecule has 0 atom stereocenters. The second-order valence-electron chi connectivity index (χ2n) is 6.86. The van der Waals surface area contributed by atoms with Gasteiger partial charge in [0.2, 0.25) is 5.78 Å². The van der Waals surface area contributed by atoms with Gasteiger partial charge in [0.15, 0.2) is 5.76 Å². The van der Waals surface area contributed by atoms with E-state index in [9.17, 15) is 4.79 Å². The number of allylic oxidation sites excluding steroid dienone is 1. The summed E-state index contributed by atoms with van der Waals surface area (Å²) in [5.74, 6) is 2.00. The molecule has 4 nitrogen and oxygen atoms in total. The molecule has 0 amide bonds. The van der Waals surface area contributed by atoms with Gasteiger partial charge in [0.1, 0.15) is 23.9 Å². The van der Waals surface area contributed by atoms with Crippen LogP contribution in [-0.2, 0) is 6.61 Å². The molecule has 5 heteroatoms. The van der Waals surface area contributed by atoms with E-state index in [0.29, 0.717) is 41.0 Å². The quantitative estimate of drug-likeness (QED) is 0.442. The topological polar surface area (TPSA) is 44.8 Å². The number of fused-ring (bicyclic) bond motifs is 1. The number of ether oxygens (including phenoxy) is 3. The van der Waals surface area contributed by atoms with E-state index in [1.807, 2.05) is 62.4 Å². The van der Waals surface area contributed by atoms with Crippen LogP contribution in [0.25, 0.3) is 6.08 Å². The van der Waals surface area contributed by atoms with Crippen LogP contribution in [0.5, 0.6) is 17.2 Å². The molecule has 3 aromatic carbocycles. The third-order valence-electron chi connectivity index (χ3n) is 4.88. The van der Waals surface area contributed by atoms with Gasteiger partial charge in [-0.2, -0.15) is 0 Å². The van der Waals surface area contributed by atoms with Crippen LogP contribution in [0.1, 0.15) is 34.0 Å². The summed E-state index contributed by atoms with van der Waals surface area (Å²) in [5, 5.41) is 0.654. The van der Waals surface area contributed by atoms with E-state index in [4.69, 9.17) is 25.8 Å². The number of hydrogen-bond acceptors (Lipinski definition) is 4. The molecule has 1 heterocycles. The molecule has 0 spiro atoms. The monoisotopic (exact) mass is 420 g/mol. The van der Waals surface area contributed by atoms with Crippen molar-refractivity contribution in [2.45, 2.75) is 20.5 Å². The Kier molecular flexibility index (Phi) is 5.77. The van der Waals surface area contributed by atoms with Crippen molar-refractivity contribution in [2.75, 3.05) is 6.61 Å². The molecule has 0 radical (unpaired) electrons. The second-order valence-corrected chi connectivity index (χ2v) is 7.26. The SMILES string of the molecule is CCOc1ccccc1/C=C1\Oc2c(ccc(OCc3ccccc3Cl)c2C)C1=O. The third kappa shape index (κ3) is 3.91. The van der Waals surface area contributed by atoms with Crippen molar-refractivity contribution in [1.82, 2.24) is 0 Å². The lowest BCUT2D eigenvalue weighted by molar-refractivity contribution is 0.101. The molecule has 0 aromatic heterocycles. The Hall–Kier alpha value is -3.24. The maximum absolute atomic E-state index is 12.9. The summed E-state index contributed by atoms with van der Waals surface area (Å²) in [5.41, 5.74) is 2.99. The minimum atomic E-state index is -0.156. The van der Waals surface area contributed by atoms with Crippen molar-refractivity contribution in [2.24, 2.45) is 0 Å². The van der Waals surface area contributed by atoms with Gasteiger partial charge in [-0.05, 0) is 44.2 Å². The van der Waals surface area contributed by atoms with Gasteiger partial charge >= 0.3 is 0 Å². The molecule has 0 saturated heterocycles. The molecule has 0 aliphatic carbocycles. The summed E-state index contributed by atoms with van der Waals surface area (Å²) in [4.78, 5) is 12.9. The fraction of sp³-hybridized carbons (Fsp3) is 0.160. The fourth-order valence-electron chi connectivity index (χ4n) is 3.32. The van der Waals surface area contributed by atoms with Crippen molar-refractivity contribution < 1.29 is 19.0 Å². The maximum atomic E-state index is 12.9. The summed E-state index contributed by atoms with van der Waals surface area (Å²) < 4.78 is 17.6. The summed E-state index contributed by atoms with van der Waals surface area (Å²) in [6.07, 6.45) is 1.72. The minimum Gasteiger partial charge on any atom is -0.493 e. The van der Waals surface area contributed by atoms with E-state index >= 15 is 0 Å². The first-order chi connectivity index (χ1) is 14.6. The highest BCUT2D eigenvalue weighted by molar-refractivity contribution is 6.31. The highest BCUT2D eigenvalue weighted by Crippen LogP contribution is 2.40. The number of para-hydroxylation sites is 1. The first-order valence-electron chi connectivity index (χ1n) is 9.74. The standard InChI is InChI=1S/C25H21ClO4/c1-3-28-22-11-7-5-8-17(22)14-23-24(27)19-12-13-21(16(2)25(19)30-23)29-15-18-9-4-6-10-20(18)26/h4-14H,3,15H2,1-2H3/b23-14-. The normalized spacial score (nSPS) is 13.8. The predicted octanol–water partition coefficient (Wildman–Crippen LogP) is 6.24. The predicted molar refractivity (Wildman–Crippen MR) is 118 cm³/mol. The molecule has 1 aliphatic rings. The molecule has 0 saturated carbocycles. The Morgan fingerprint density at radius 2 is 1.73 bits per heavy atom. The Morgan fingerprint density at radius 3 is 2.53 bits per heavy atom. The smallest absolute Gasteiger partial charge is 0.231 e. The molecular weight excluding hydrogens is 400 g/mol. The molecule has 4 rings (SSSR count). The van der Waals surface area contributed by atoms with E-state index < -0.39 is 0 Å². The van der Waals surface area contributed by atoms with Gasteiger partial charge < -0.3 is 14.2 Å². The summed E-state index contributed by atoms with van der Waals surface area (Å²) >= 11 is 6.21. The van der Waals surface area contributed by atoms with Gasteiger partial charge in [-0.1, -0.05) is 48.0 Å². The van der Waals surface area contributed by atoms with Gasteiger partial charge in [0, 0.05) is 21.7 Å². The molecule has 1 aliphatic heterocycles. The van der Waals surface area contributed by atoms with E-state index in [-0.39, 0.29) is 11.5 Å². The molecule has 30 heavy (non-hydrogen) atoms. The Bertz CT molecular complexity index is 1130. The lowest BCUT2D eigenvalue weighted by Gasteiger charge is -2.12. The maximum Gasteiger partial charge on any atom is 0.231 e. The average molecular weight is 421 g/mol. The van der Waals surface area contributed by atoms with Crippen LogP contribution in [-0.4, -0.2) is 12.4 Å². The molecule has 0 N–H and O–H groups in total. The van der Waals surface area contributed by atoms with Crippen LogP contribution >= 0.6 is 11.6 Å².